The van der Waals surface area contributed by atoms with Crippen LogP contribution in [0.2, 0.25) is 0 Å². The zero-order valence-corrected chi connectivity index (χ0v) is 19.0. The number of nitrogens with one attached hydrogen (secondary N) is 3. The molecule has 2 atom stereocenters. The zero-order valence-electron chi connectivity index (χ0n) is 19.0. The van der Waals surface area contributed by atoms with E-state index in [-0.39, 0.29) is 23.8 Å². The number of benzene rings is 3. The van der Waals surface area contributed by atoms with Crippen LogP contribution in [-0.4, -0.2) is 32.6 Å². The van der Waals surface area contributed by atoms with Gasteiger partial charge in [0.2, 0.25) is 5.91 Å². The molecule has 0 aliphatic carbocycles. The van der Waals surface area contributed by atoms with Gasteiger partial charge in [-0.1, -0.05) is 12.1 Å². The molecule has 2 aliphatic heterocycles. The quantitative estimate of drug-likeness (QED) is 0.525. The summed E-state index contributed by atoms with van der Waals surface area (Å²) in [6.45, 7) is 0.936. The third kappa shape index (κ3) is 4.04. The minimum Gasteiger partial charge on any atom is -0.497 e. The summed E-state index contributed by atoms with van der Waals surface area (Å²) in [5.74, 6) is 1.05. The summed E-state index contributed by atoms with van der Waals surface area (Å²) < 4.78 is 10.4. The van der Waals surface area contributed by atoms with Crippen molar-refractivity contribution in [3.05, 3.63) is 83.4 Å². The molecule has 1 fully saturated rings. The molecule has 0 radical (unpaired) electrons. The molecule has 8 heteroatoms. The lowest BCUT2D eigenvalue weighted by Crippen LogP contribution is -2.35. The molecule has 8 nitrogen and oxygen atoms in total. The third-order valence-corrected chi connectivity index (χ3v) is 6.31. The van der Waals surface area contributed by atoms with Crippen LogP contribution >= 0.6 is 0 Å². The first-order valence-electron chi connectivity index (χ1n) is 11.1. The van der Waals surface area contributed by atoms with Gasteiger partial charge in [-0.3, -0.25) is 9.59 Å². The monoisotopic (exact) mass is 458 g/mol. The molecular formula is C26H26N4O4. The van der Waals surface area contributed by atoms with Crippen LogP contribution in [0.5, 0.6) is 11.5 Å². The number of hydrogen-bond donors (Lipinski definition) is 3. The van der Waals surface area contributed by atoms with Gasteiger partial charge in [0.1, 0.15) is 11.5 Å². The van der Waals surface area contributed by atoms with E-state index in [9.17, 15) is 9.59 Å². The van der Waals surface area contributed by atoms with Crippen LogP contribution in [0.1, 0.15) is 27.5 Å². The summed E-state index contributed by atoms with van der Waals surface area (Å²) in [4.78, 5) is 26.0. The molecular weight excluding hydrogens is 432 g/mol. The molecule has 0 aromatic heterocycles. The van der Waals surface area contributed by atoms with Crippen LogP contribution in [0.15, 0.2) is 66.7 Å². The van der Waals surface area contributed by atoms with Crippen molar-refractivity contribution in [2.75, 3.05) is 31.1 Å². The van der Waals surface area contributed by atoms with E-state index in [2.05, 4.69) is 16.1 Å². The third-order valence-electron chi connectivity index (χ3n) is 6.31. The van der Waals surface area contributed by atoms with Gasteiger partial charge in [-0.15, -0.1) is 0 Å². The first kappa shape index (κ1) is 21.8. The summed E-state index contributed by atoms with van der Waals surface area (Å²) in [5, 5.41) is 7.89. The number of carbonyl (C=O) groups excluding carboxylic acids is 2. The van der Waals surface area contributed by atoms with Crippen molar-refractivity contribution in [3.8, 4) is 11.5 Å². The van der Waals surface area contributed by atoms with Crippen LogP contribution in [0.25, 0.3) is 0 Å². The molecule has 34 heavy (non-hydrogen) atoms. The van der Waals surface area contributed by atoms with Gasteiger partial charge in [0.05, 0.1) is 31.9 Å². The van der Waals surface area contributed by atoms with Crippen molar-refractivity contribution in [2.24, 2.45) is 5.92 Å². The highest BCUT2D eigenvalue weighted by molar-refractivity contribution is 5.99. The van der Waals surface area contributed by atoms with E-state index in [1.807, 2.05) is 60.7 Å². The summed E-state index contributed by atoms with van der Waals surface area (Å²) in [5.41, 5.74) is 7.44. The maximum Gasteiger partial charge on any atom is 0.251 e. The second-order valence-electron chi connectivity index (χ2n) is 8.30. The van der Waals surface area contributed by atoms with Crippen LogP contribution in [-0.2, 0) is 11.3 Å². The minimum atomic E-state index is -0.271. The van der Waals surface area contributed by atoms with Gasteiger partial charge in [-0.25, -0.2) is 10.4 Å². The van der Waals surface area contributed by atoms with Crippen molar-refractivity contribution in [1.29, 1.82) is 0 Å². The molecule has 0 spiro atoms. The molecule has 0 saturated carbocycles. The van der Waals surface area contributed by atoms with Gasteiger partial charge < -0.3 is 20.1 Å². The van der Waals surface area contributed by atoms with E-state index in [0.717, 1.165) is 34.0 Å². The number of rotatable bonds is 6. The first-order valence-corrected chi connectivity index (χ1v) is 11.1. The van der Waals surface area contributed by atoms with Gasteiger partial charge in [-0.2, -0.15) is 0 Å². The van der Waals surface area contributed by atoms with Crippen molar-refractivity contribution in [3.63, 3.8) is 0 Å². The number of amides is 2. The molecule has 174 valence electrons. The van der Waals surface area contributed by atoms with Crippen molar-refractivity contribution < 1.29 is 19.1 Å². The van der Waals surface area contributed by atoms with Gasteiger partial charge in [-0.05, 0) is 65.7 Å². The summed E-state index contributed by atoms with van der Waals surface area (Å²) >= 11 is 0. The predicted molar refractivity (Wildman–Crippen MR) is 129 cm³/mol. The SMILES string of the molecule is COc1ccc(CNC(=O)c2ccc3c(c2)C2NN(c4ccc(OC)cc4)C(=O)C2CN3)cc1. The van der Waals surface area contributed by atoms with Gasteiger partial charge in [0.15, 0.2) is 0 Å². The minimum absolute atomic E-state index is 0.0114. The normalized spacial score (nSPS) is 18.5. The van der Waals surface area contributed by atoms with Gasteiger partial charge >= 0.3 is 0 Å². The number of ether oxygens (including phenoxy) is 2. The Morgan fingerprint density at radius 1 is 1.00 bits per heavy atom. The number of hydrogen-bond acceptors (Lipinski definition) is 6. The molecule has 3 aromatic carbocycles. The fourth-order valence-corrected chi connectivity index (χ4v) is 4.40. The Morgan fingerprint density at radius 2 is 1.68 bits per heavy atom. The summed E-state index contributed by atoms with van der Waals surface area (Å²) in [6, 6.07) is 20.2. The first-order chi connectivity index (χ1) is 16.6. The fraction of sp³-hybridized carbons (Fsp3) is 0.231. The maximum atomic E-state index is 13.1. The van der Waals surface area contributed by atoms with Crippen molar-refractivity contribution >= 4 is 23.2 Å². The summed E-state index contributed by atoms with van der Waals surface area (Å²) in [6.07, 6.45) is 0. The van der Waals surface area contributed by atoms with Crippen LogP contribution in [0.3, 0.4) is 0 Å². The molecule has 0 bridgehead atoms. The lowest BCUT2D eigenvalue weighted by Gasteiger charge is -2.27. The highest BCUT2D eigenvalue weighted by atomic mass is 16.5. The molecule has 2 amide bonds. The van der Waals surface area contributed by atoms with Crippen LogP contribution in [0, 0.1) is 5.92 Å². The van der Waals surface area contributed by atoms with E-state index in [1.54, 1.807) is 25.3 Å². The number of hydrazine groups is 1. The number of fused-ring (bicyclic) bond motifs is 3. The molecule has 3 N–H and O–H groups in total. The summed E-state index contributed by atoms with van der Waals surface area (Å²) in [7, 11) is 3.23. The molecule has 2 heterocycles. The van der Waals surface area contributed by atoms with E-state index < -0.39 is 0 Å². The Kier molecular flexibility index (Phi) is 5.81. The van der Waals surface area contributed by atoms with Gasteiger partial charge in [0.25, 0.3) is 5.91 Å². The topological polar surface area (TPSA) is 91.9 Å². The Morgan fingerprint density at radius 3 is 2.35 bits per heavy atom. The van der Waals surface area contributed by atoms with Crippen LogP contribution in [0.4, 0.5) is 11.4 Å². The van der Waals surface area contributed by atoms with Gasteiger partial charge in [0, 0.05) is 24.3 Å². The van der Waals surface area contributed by atoms with E-state index >= 15 is 0 Å². The second kappa shape index (κ2) is 9.07. The van der Waals surface area contributed by atoms with E-state index in [1.165, 1.54) is 0 Å². The average molecular weight is 459 g/mol. The van der Waals surface area contributed by atoms with Crippen molar-refractivity contribution in [2.45, 2.75) is 12.6 Å². The highest BCUT2D eigenvalue weighted by Crippen LogP contribution is 2.40. The zero-order chi connectivity index (χ0) is 23.7. The second-order valence-corrected chi connectivity index (χ2v) is 8.30. The number of carbonyl (C=O) groups is 2. The maximum absolute atomic E-state index is 13.1. The number of nitrogens with zero attached hydrogens (tertiary/aromatic N) is 1. The number of methoxy groups -OCH3 is 2. The Balaban J connectivity index is 1.33. The number of anilines is 2. The Labute approximate surface area is 197 Å². The molecule has 5 rings (SSSR count). The largest absolute Gasteiger partial charge is 0.497 e. The lowest BCUT2D eigenvalue weighted by atomic mass is 9.88. The fourth-order valence-electron chi connectivity index (χ4n) is 4.40. The van der Waals surface area contributed by atoms with E-state index in [4.69, 9.17) is 9.47 Å². The molecule has 3 aromatic rings. The Hall–Kier alpha value is -4.04. The van der Waals surface area contributed by atoms with Crippen molar-refractivity contribution in [1.82, 2.24) is 10.7 Å². The van der Waals surface area contributed by atoms with E-state index in [0.29, 0.717) is 18.7 Å². The van der Waals surface area contributed by atoms with Crippen LogP contribution < -0.4 is 30.5 Å². The predicted octanol–water partition coefficient (Wildman–Crippen LogP) is 3.27. The average Bonchev–Trinajstić information content (AvgIpc) is 3.24. The highest BCUT2D eigenvalue weighted by Gasteiger charge is 2.44. The standard InChI is InChI=1S/C26H26N4O4/c1-33-19-8-3-16(4-9-19)14-28-25(31)17-5-12-23-21(13-17)24-22(15-27-23)26(32)30(29-24)18-6-10-20(34-2)11-7-18/h3-13,22,24,27,29H,14-15H2,1-2H3,(H,28,31). The smallest absolute Gasteiger partial charge is 0.251 e. The lowest BCUT2D eigenvalue weighted by molar-refractivity contribution is -0.120. The molecule has 2 aliphatic rings. The Bertz CT molecular complexity index is 1210. The molecule has 1 saturated heterocycles. The molecule has 2 unspecified atom stereocenters.